The molecule has 0 atom stereocenters. The summed E-state index contributed by atoms with van der Waals surface area (Å²) >= 11 is 1.39. The maximum Gasteiger partial charge on any atom is 0.419 e. The summed E-state index contributed by atoms with van der Waals surface area (Å²) in [5, 5.41) is 0.593. The molecule has 1 aromatic carbocycles. The first-order chi connectivity index (χ1) is 10.2. The second-order valence-electron chi connectivity index (χ2n) is 5.57. The van der Waals surface area contributed by atoms with Crippen LogP contribution in [0.3, 0.4) is 0 Å². The molecule has 1 heterocycles. The van der Waals surface area contributed by atoms with Gasteiger partial charge in [0.2, 0.25) is 0 Å². The predicted molar refractivity (Wildman–Crippen MR) is 82.4 cm³/mol. The summed E-state index contributed by atoms with van der Waals surface area (Å²) in [6.07, 6.45) is -4.45. The van der Waals surface area contributed by atoms with E-state index in [1.807, 2.05) is 27.7 Å². The van der Waals surface area contributed by atoms with Crippen LogP contribution >= 0.6 is 11.3 Å². The maximum atomic E-state index is 13.3. The van der Waals surface area contributed by atoms with Crippen molar-refractivity contribution in [1.29, 1.82) is 0 Å². The predicted octanol–water partition coefficient (Wildman–Crippen LogP) is 5.48. The van der Waals surface area contributed by atoms with Gasteiger partial charge in [-0.15, -0.1) is 11.3 Å². The minimum absolute atomic E-state index is 0.130. The normalized spacial score (nSPS) is 12.0. The number of aromatic nitrogens is 1. The van der Waals surface area contributed by atoms with E-state index in [0.717, 1.165) is 16.6 Å². The molecule has 0 amide bonds. The van der Waals surface area contributed by atoms with Crippen molar-refractivity contribution in [3.05, 3.63) is 34.3 Å². The zero-order valence-corrected chi connectivity index (χ0v) is 13.7. The lowest BCUT2D eigenvalue weighted by molar-refractivity contribution is -0.139. The minimum atomic E-state index is -4.45. The fourth-order valence-electron chi connectivity index (χ4n) is 1.86. The lowest BCUT2D eigenvalue weighted by Crippen LogP contribution is -2.11. The van der Waals surface area contributed by atoms with E-state index in [1.54, 1.807) is 6.07 Å². The number of aryl methyl sites for hydroxylation is 2. The first kappa shape index (κ1) is 16.8. The number of rotatable bonds is 4. The van der Waals surface area contributed by atoms with Crippen LogP contribution in [0, 0.1) is 19.8 Å². The maximum absolute atomic E-state index is 13.3. The van der Waals surface area contributed by atoms with Crippen LogP contribution in [0.2, 0.25) is 0 Å². The zero-order valence-electron chi connectivity index (χ0n) is 12.9. The molecule has 0 N–H and O–H groups in total. The molecule has 0 radical (unpaired) electrons. The number of benzene rings is 1. The van der Waals surface area contributed by atoms with Crippen molar-refractivity contribution in [3.8, 4) is 16.3 Å². The first-order valence-corrected chi connectivity index (χ1v) is 7.78. The lowest BCUT2D eigenvalue weighted by Gasteiger charge is -2.16. The number of hydrogen-bond donors (Lipinski definition) is 0. The second-order valence-corrected chi connectivity index (χ2v) is 6.78. The van der Waals surface area contributed by atoms with E-state index >= 15 is 0 Å². The molecule has 0 spiro atoms. The van der Waals surface area contributed by atoms with Crippen LogP contribution in [0.4, 0.5) is 13.2 Å². The zero-order chi connectivity index (χ0) is 16.5. The van der Waals surface area contributed by atoms with Gasteiger partial charge in [0.25, 0.3) is 0 Å². The van der Waals surface area contributed by atoms with Gasteiger partial charge in [0.1, 0.15) is 10.8 Å². The Morgan fingerprint density at radius 1 is 1.23 bits per heavy atom. The summed E-state index contributed by atoms with van der Waals surface area (Å²) in [6.45, 7) is 7.78. The first-order valence-electron chi connectivity index (χ1n) is 6.97. The van der Waals surface area contributed by atoms with Gasteiger partial charge in [0.05, 0.1) is 17.9 Å². The molecule has 0 bridgehead atoms. The standard InChI is InChI=1S/C16H18F3NOS/c1-9(2)8-21-14-6-5-12(7-13(14)16(17,18)19)15-20-10(3)11(4)22-15/h5-7,9H,8H2,1-4H3. The summed E-state index contributed by atoms with van der Waals surface area (Å²) in [6, 6.07) is 4.13. The van der Waals surface area contributed by atoms with Crippen LogP contribution in [-0.4, -0.2) is 11.6 Å². The summed E-state index contributed by atoms with van der Waals surface area (Å²) in [4.78, 5) is 5.32. The van der Waals surface area contributed by atoms with Gasteiger partial charge in [0, 0.05) is 10.4 Å². The third-order valence-corrected chi connectivity index (χ3v) is 4.25. The van der Waals surface area contributed by atoms with Gasteiger partial charge in [-0.2, -0.15) is 13.2 Å². The van der Waals surface area contributed by atoms with Crippen LogP contribution in [0.25, 0.3) is 10.6 Å². The summed E-state index contributed by atoms with van der Waals surface area (Å²) in [5.74, 6) is 0.0278. The Labute approximate surface area is 132 Å². The van der Waals surface area contributed by atoms with Gasteiger partial charge in [0.15, 0.2) is 0 Å². The van der Waals surface area contributed by atoms with Crippen molar-refractivity contribution < 1.29 is 17.9 Å². The van der Waals surface area contributed by atoms with Crippen molar-refractivity contribution in [2.45, 2.75) is 33.9 Å². The number of halogens is 3. The number of thiazole rings is 1. The molecule has 6 heteroatoms. The SMILES string of the molecule is Cc1nc(-c2ccc(OCC(C)C)c(C(F)(F)F)c2)sc1C. The molecule has 0 fully saturated rings. The Hall–Kier alpha value is -1.56. The third kappa shape index (κ3) is 3.80. The topological polar surface area (TPSA) is 22.1 Å². The average molecular weight is 329 g/mol. The van der Waals surface area contributed by atoms with Crippen molar-refractivity contribution in [2.75, 3.05) is 6.61 Å². The van der Waals surface area contributed by atoms with Gasteiger partial charge in [-0.1, -0.05) is 13.8 Å². The van der Waals surface area contributed by atoms with E-state index < -0.39 is 11.7 Å². The van der Waals surface area contributed by atoms with E-state index in [0.29, 0.717) is 10.6 Å². The monoisotopic (exact) mass is 329 g/mol. The molecule has 1 aromatic heterocycles. The van der Waals surface area contributed by atoms with E-state index in [4.69, 9.17) is 4.74 Å². The van der Waals surface area contributed by atoms with E-state index in [9.17, 15) is 13.2 Å². The molecule has 120 valence electrons. The van der Waals surface area contributed by atoms with Crippen LogP contribution in [0.5, 0.6) is 5.75 Å². The highest BCUT2D eigenvalue weighted by atomic mass is 32.1. The summed E-state index contributed by atoms with van der Waals surface area (Å²) in [7, 11) is 0. The quantitative estimate of drug-likeness (QED) is 0.741. The van der Waals surface area contributed by atoms with E-state index in [2.05, 4.69) is 4.98 Å². The summed E-state index contributed by atoms with van der Waals surface area (Å²) in [5.41, 5.74) is 0.551. The van der Waals surface area contributed by atoms with Gasteiger partial charge in [-0.25, -0.2) is 4.98 Å². The minimum Gasteiger partial charge on any atom is -0.493 e. The van der Waals surface area contributed by atoms with Gasteiger partial charge < -0.3 is 4.74 Å². The smallest absolute Gasteiger partial charge is 0.419 e. The molecule has 2 nitrogen and oxygen atoms in total. The molecule has 0 aliphatic rings. The molecular formula is C16H18F3NOS. The van der Waals surface area contributed by atoms with Crippen molar-refractivity contribution >= 4 is 11.3 Å². The number of ether oxygens (including phenoxy) is 1. The highest BCUT2D eigenvalue weighted by molar-refractivity contribution is 7.15. The molecule has 22 heavy (non-hydrogen) atoms. The molecule has 0 saturated carbocycles. The highest BCUT2D eigenvalue weighted by Crippen LogP contribution is 2.39. The largest absolute Gasteiger partial charge is 0.493 e. The molecule has 0 unspecified atom stereocenters. The van der Waals surface area contributed by atoms with Gasteiger partial charge >= 0.3 is 6.18 Å². The third-order valence-electron chi connectivity index (χ3n) is 3.13. The fraction of sp³-hybridized carbons (Fsp3) is 0.438. The van der Waals surface area contributed by atoms with Crippen LogP contribution < -0.4 is 4.74 Å². The molecule has 0 saturated heterocycles. The Morgan fingerprint density at radius 3 is 2.41 bits per heavy atom. The van der Waals surface area contributed by atoms with Crippen molar-refractivity contribution in [3.63, 3.8) is 0 Å². The van der Waals surface area contributed by atoms with Crippen molar-refractivity contribution in [2.24, 2.45) is 5.92 Å². The Morgan fingerprint density at radius 2 is 1.91 bits per heavy atom. The molecule has 0 aliphatic heterocycles. The van der Waals surface area contributed by atoms with Crippen LogP contribution in [-0.2, 0) is 6.18 Å². The van der Waals surface area contributed by atoms with Crippen LogP contribution in [0.15, 0.2) is 18.2 Å². The number of hydrogen-bond acceptors (Lipinski definition) is 3. The lowest BCUT2D eigenvalue weighted by atomic mass is 10.1. The Bertz CT molecular complexity index is 642. The molecule has 0 aliphatic carbocycles. The van der Waals surface area contributed by atoms with Crippen molar-refractivity contribution in [1.82, 2.24) is 4.98 Å². The van der Waals surface area contributed by atoms with E-state index in [1.165, 1.54) is 17.4 Å². The highest BCUT2D eigenvalue weighted by Gasteiger charge is 2.35. The summed E-state index contributed by atoms with van der Waals surface area (Å²) < 4.78 is 45.1. The number of alkyl halides is 3. The van der Waals surface area contributed by atoms with Crippen LogP contribution in [0.1, 0.15) is 30.0 Å². The molecule has 2 aromatic rings. The second kappa shape index (κ2) is 6.28. The molecular weight excluding hydrogens is 311 g/mol. The number of nitrogens with zero attached hydrogens (tertiary/aromatic N) is 1. The van der Waals surface area contributed by atoms with Gasteiger partial charge in [-0.3, -0.25) is 0 Å². The average Bonchev–Trinajstić information content (AvgIpc) is 2.75. The Balaban J connectivity index is 2.43. The molecule has 2 rings (SSSR count). The van der Waals surface area contributed by atoms with E-state index in [-0.39, 0.29) is 18.3 Å². The Kier molecular flexibility index (Phi) is 4.80. The van der Waals surface area contributed by atoms with Gasteiger partial charge in [-0.05, 0) is 38.0 Å². The fourth-order valence-corrected chi connectivity index (χ4v) is 2.77.